The topological polar surface area (TPSA) is 66.9 Å². The number of carbonyl (C=O) groups is 1. The Morgan fingerprint density at radius 2 is 2.28 bits per heavy atom. The van der Waals surface area contributed by atoms with Gasteiger partial charge in [0, 0.05) is 18.9 Å². The summed E-state index contributed by atoms with van der Waals surface area (Å²) in [5.74, 6) is 0.557. The molecule has 0 spiro atoms. The molecule has 1 aliphatic heterocycles. The Labute approximate surface area is 119 Å². The van der Waals surface area contributed by atoms with Crippen molar-refractivity contribution in [3.63, 3.8) is 0 Å². The van der Waals surface area contributed by atoms with E-state index >= 15 is 0 Å². The standard InChI is InChI=1S/C11H16N4O.2ClH/c16-11(10-8-13-5-6-14-10)15-4-2-9-1-3-12-7-9;;/h5-6,8-9,12H,1-4,7H2,(H,15,16);2*1H. The predicted octanol–water partition coefficient (Wildman–Crippen LogP) is 1.05. The van der Waals surface area contributed by atoms with Gasteiger partial charge in [-0.15, -0.1) is 24.8 Å². The van der Waals surface area contributed by atoms with Crippen LogP contribution in [0.3, 0.4) is 0 Å². The van der Waals surface area contributed by atoms with Crippen molar-refractivity contribution in [2.45, 2.75) is 12.8 Å². The van der Waals surface area contributed by atoms with E-state index in [1.807, 2.05) is 0 Å². The van der Waals surface area contributed by atoms with Crippen LogP contribution in [0.1, 0.15) is 23.3 Å². The monoisotopic (exact) mass is 292 g/mol. The Morgan fingerprint density at radius 1 is 1.44 bits per heavy atom. The molecule has 0 radical (unpaired) electrons. The summed E-state index contributed by atoms with van der Waals surface area (Å²) in [6.07, 6.45) is 6.79. The zero-order valence-corrected chi connectivity index (χ0v) is 11.6. The molecule has 1 amide bonds. The Kier molecular flexibility index (Phi) is 8.62. The first-order valence-electron chi connectivity index (χ1n) is 5.61. The molecule has 2 rings (SSSR count). The first kappa shape index (κ1) is 17.1. The van der Waals surface area contributed by atoms with Crippen LogP contribution in [0.15, 0.2) is 18.6 Å². The van der Waals surface area contributed by atoms with Crippen LogP contribution in [0.5, 0.6) is 0 Å². The van der Waals surface area contributed by atoms with E-state index in [1.54, 1.807) is 6.20 Å². The number of rotatable bonds is 4. The molecule has 18 heavy (non-hydrogen) atoms. The van der Waals surface area contributed by atoms with Gasteiger partial charge >= 0.3 is 0 Å². The van der Waals surface area contributed by atoms with Gasteiger partial charge in [-0.3, -0.25) is 9.78 Å². The first-order valence-corrected chi connectivity index (χ1v) is 5.61. The lowest BCUT2D eigenvalue weighted by molar-refractivity contribution is 0.0946. The largest absolute Gasteiger partial charge is 0.351 e. The molecule has 7 heteroatoms. The van der Waals surface area contributed by atoms with Gasteiger partial charge in [0.05, 0.1) is 6.20 Å². The van der Waals surface area contributed by atoms with Crippen molar-refractivity contribution in [2.75, 3.05) is 19.6 Å². The van der Waals surface area contributed by atoms with Gasteiger partial charge in [-0.2, -0.15) is 0 Å². The second kappa shape index (κ2) is 9.08. The van der Waals surface area contributed by atoms with Crippen LogP contribution in [-0.2, 0) is 0 Å². The van der Waals surface area contributed by atoms with Crippen LogP contribution in [-0.4, -0.2) is 35.5 Å². The van der Waals surface area contributed by atoms with Crippen molar-refractivity contribution in [3.8, 4) is 0 Å². The number of amides is 1. The van der Waals surface area contributed by atoms with Crippen LogP contribution < -0.4 is 10.6 Å². The van der Waals surface area contributed by atoms with Gasteiger partial charge < -0.3 is 10.6 Å². The van der Waals surface area contributed by atoms with Gasteiger partial charge in [-0.05, 0) is 31.8 Å². The van der Waals surface area contributed by atoms with Gasteiger partial charge in [-0.25, -0.2) is 4.98 Å². The van der Waals surface area contributed by atoms with Crippen molar-refractivity contribution >= 4 is 30.7 Å². The van der Waals surface area contributed by atoms with Gasteiger partial charge in [-0.1, -0.05) is 0 Å². The molecule has 1 unspecified atom stereocenters. The van der Waals surface area contributed by atoms with Crippen molar-refractivity contribution in [3.05, 3.63) is 24.3 Å². The summed E-state index contributed by atoms with van der Waals surface area (Å²) in [6, 6.07) is 0. The van der Waals surface area contributed by atoms with E-state index in [4.69, 9.17) is 0 Å². The zero-order chi connectivity index (χ0) is 11.2. The van der Waals surface area contributed by atoms with Crippen LogP contribution in [0.4, 0.5) is 0 Å². The number of aromatic nitrogens is 2. The molecule has 0 aliphatic carbocycles. The van der Waals surface area contributed by atoms with Crippen LogP contribution in [0.2, 0.25) is 0 Å². The maximum atomic E-state index is 11.6. The lowest BCUT2D eigenvalue weighted by atomic mass is 10.1. The molecular formula is C11H18Cl2N4O. The Bertz CT molecular complexity index is 344. The van der Waals surface area contributed by atoms with Gasteiger partial charge in [0.15, 0.2) is 0 Å². The lowest BCUT2D eigenvalue weighted by Gasteiger charge is -2.08. The third-order valence-electron chi connectivity index (χ3n) is 2.80. The summed E-state index contributed by atoms with van der Waals surface area (Å²) in [6.45, 7) is 2.88. The molecule has 1 saturated heterocycles. The van der Waals surface area contributed by atoms with E-state index in [9.17, 15) is 4.79 Å². The molecule has 1 aliphatic rings. The average molecular weight is 293 g/mol. The summed E-state index contributed by atoms with van der Waals surface area (Å²) in [7, 11) is 0. The fourth-order valence-corrected chi connectivity index (χ4v) is 1.86. The molecule has 5 nitrogen and oxygen atoms in total. The second-order valence-electron chi connectivity index (χ2n) is 3.99. The number of nitrogens with zero attached hydrogens (tertiary/aromatic N) is 2. The van der Waals surface area contributed by atoms with Crippen molar-refractivity contribution in [1.29, 1.82) is 0 Å². The molecule has 0 bridgehead atoms. The van der Waals surface area contributed by atoms with E-state index in [1.165, 1.54) is 18.8 Å². The molecule has 0 saturated carbocycles. The molecule has 1 fully saturated rings. The van der Waals surface area contributed by atoms with E-state index in [0.717, 1.165) is 19.5 Å². The number of hydrogen-bond acceptors (Lipinski definition) is 4. The van der Waals surface area contributed by atoms with Gasteiger partial charge in [0.1, 0.15) is 5.69 Å². The highest BCUT2D eigenvalue weighted by Gasteiger charge is 2.14. The highest BCUT2D eigenvalue weighted by molar-refractivity contribution is 5.91. The Balaban J connectivity index is 0.00000144. The fourth-order valence-electron chi connectivity index (χ4n) is 1.86. The zero-order valence-electron chi connectivity index (χ0n) is 9.96. The molecular weight excluding hydrogens is 275 g/mol. The van der Waals surface area contributed by atoms with Gasteiger partial charge in [0.25, 0.3) is 5.91 Å². The number of halogens is 2. The Hall–Kier alpha value is -0.910. The number of hydrogen-bond donors (Lipinski definition) is 2. The third kappa shape index (κ3) is 5.16. The molecule has 1 aromatic rings. The smallest absolute Gasteiger partial charge is 0.271 e. The van der Waals surface area contributed by atoms with E-state index in [0.29, 0.717) is 18.2 Å². The quantitative estimate of drug-likeness (QED) is 0.871. The van der Waals surface area contributed by atoms with E-state index in [-0.39, 0.29) is 30.7 Å². The van der Waals surface area contributed by atoms with Crippen molar-refractivity contribution in [2.24, 2.45) is 5.92 Å². The van der Waals surface area contributed by atoms with E-state index in [2.05, 4.69) is 20.6 Å². The summed E-state index contributed by atoms with van der Waals surface area (Å²) in [4.78, 5) is 19.4. The van der Waals surface area contributed by atoms with Crippen molar-refractivity contribution in [1.82, 2.24) is 20.6 Å². The molecule has 1 aromatic heterocycles. The van der Waals surface area contributed by atoms with Gasteiger partial charge in [0.2, 0.25) is 0 Å². The highest BCUT2D eigenvalue weighted by Crippen LogP contribution is 2.10. The predicted molar refractivity (Wildman–Crippen MR) is 74.5 cm³/mol. The minimum Gasteiger partial charge on any atom is -0.351 e. The molecule has 0 aromatic carbocycles. The lowest BCUT2D eigenvalue weighted by Crippen LogP contribution is -2.27. The summed E-state index contributed by atoms with van der Waals surface area (Å²) in [5.41, 5.74) is 0.382. The molecule has 2 heterocycles. The summed E-state index contributed by atoms with van der Waals surface area (Å²) >= 11 is 0. The number of nitrogens with one attached hydrogen (secondary N) is 2. The van der Waals surface area contributed by atoms with Crippen LogP contribution in [0.25, 0.3) is 0 Å². The molecule has 102 valence electrons. The molecule has 2 N–H and O–H groups in total. The second-order valence-corrected chi connectivity index (χ2v) is 3.99. The van der Waals surface area contributed by atoms with Crippen molar-refractivity contribution < 1.29 is 4.79 Å². The maximum absolute atomic E-state index is 11.6. The minimum atomic E-state index is -0.140. The third-order valence-corrected chi connectivity index (χ3v) is 2.80. The maximum Gasteiger partial charge on any atom is 0.271 e. The summed E-state index contributed by atoms with van der Waals surface area (Å²) in [5, 5.41) is 6.16. The van der Waals surface area contributed by atoms with Crippen LogP contribution in [0, 0.1) is 5.92 Å². The number of carbonyl (C=O) groups excluding carboxylic acids is 1. The summed E-state index contributed by atoms with van der Waals surface area (Å²) < 4.78 is 0. The van der Waals surface area contributed by atoms with E-state index < -0.39 is 0 Å². The fraction of sp³-hybridized carbons (Fsp3) is 0.545. The average Bonchev–Trinajstić information content (AvgIpc) is 2.83. The SMILES string of the molecule is Cl.Cl.O=C(NCCC1CCNC1)c1cnccn1. The highest BCUT2D eigenvalue weighted by atomic mass is 35.5. The minimum absolute atomic E-state index is 0. The normalized spacial score (nSPS) is 17.4. The molecule has 1 atom stereocenters. The Morgan fingerprint density at radius 3 is 2.89 bits per heavy atom. The first-order chi connectivity index (χ1) is 7.86. The van der Waals surface area contributed by atoms with Crippen LogP contribution >= 0.6 is 24.8 Å².